The minimum absolute atomic E-state index is 0.151. The highest BCUT2D eigenvalue weighted by Gasteiger charge is 2.45. The van der Waals surface area contributed by atoms with Crippen LogP contribution in [0.2, 0.25) is 0 Å². The number of carbonyl (C=O) groups is 3. The number of aliphatic hydroxyl groups excluding tert-OH is 6. The number of ether oxygens (including phenoxy) is 4. The molecule has 0 saturated carbocycles. The van der Waals surface area contributed by atoms with Crippen molar-refractivity contribution in [3.05, 3.63) is 72.9 Å². The lowest BCUT2D eigenvalue weighted by atomic mass is 9.99. The van der Waals surface area contributed by atoms with Crippen LogP contribution < -0.4 is 0 Å². The van der Waals surface area contributed by atoms with Crippen molar-refractivity contribution in [3.63, 3.8) is 0 Å². The van der Waals surface area contributed by atoms with Crippen molar-refractivity contribution in [2.45, 2.75) is 113 Å². The first kappa shape index (κ1) is 39.7. The zero-order valence-corrected chi connectivity index (χ0v) is 26.5. The Morgan fingerprint density at radius 3 is 2.23 bits per heavy atom. The van der Waals surface area contributed by atoms with E-state index in [1.807, 2.05) is 19.1 Å². The van der Waals surface area contributed by atoms with Crippen LogP contribution in [0.15, 0.2) is 72.9 Å². The van der Waals surface area contributed by atoms with E-state index in [0.717, 1.165) is 12.8 Å². The van der Waals surface area contributed by atoms with Crippen molar-refractivity contribution in [3.8, 4) is 0 Å². The summed E-state index contributed by atoms with van der Waals surface area (Å²) >= 11 is 0. The molecule has 0 bridgehead atoms. The summed E-state index contributed by atoms with van der Waals surface area (Å²) in [5.41, 5.74) is 0. The molecule has 6 N–H and O–H groups in total. The Morgan fingerprint density at radius 1 is 0.830 bits per heavy atom. The van der Waals surface area contributed by atoms with Gasteiger partial charge in [0.05, 0.1) is 37.8 Å². The molecule has 2 rings (SSSR count). The predicted molar refractivity (Wildman–Crippen MR) is 169 cm³/mol. The normalized spacial score (nSPS) is 36.0. The number of cyclic esters (lactones) is 1. The molecule has 9 atom stereocenters. The van der Waals surface area contributed by atoms with Gasteiger partial charge in [-0.15, -0.1) is 0 Å². The van der Waals surface area contributed by atoms with Crippen LogP contribution in [0.5, 0.6) is 0 Å². The van der Waals surface area contributed by atoms with Crippen molar-refractivity contribution in [1.82, 2.24) is 0 Å². The Kier molecular flexibility index (Phi) is 18.8. The zero-order chi connectivity index (χ0) is 34.6. The number of carbonyl (C=O) groups excluding carboxylic acids is 3. The van der Waals surface area contributed by atoms with E-state index < -0.39 is 80.0 Å². The first-order valence-electron chi connectivity index (χ1n) is 15.8. The van der Waals surface area contributed by atoms with E-state index >= 15 is 0 Å². The van der Waals surface area contributed by atoms with Gasteiger partial charge in [0.1, 0.15) is 30.5 Å². The maximum Gasteiger partial charge on any atom is 0.331 e. The molecule has 0 aromatic carbocycles. The highest BCUT2D eigenvalue weighted by Crippen LogP contribution is 2.22. The van der Waals surface area contributed by atoms with Gasteiger partial charge in [0.2, 0.25) is 6.29 Å². The predicted octanol–water partition coefficient (Wildman–Crippen LogP) is 1.37. The van der Waals surface area contributed by atoms with E-state index in [4.69, 9.17) is 18.9 Å². The van der Waals surface area contributed by atoms with Crippen LogP contribution in [0, 0.1) is 0 Å². The SMILES string of the molecule is CC1CCC/C=C\C=C/C(O)CC(O)C/C=C\C=C/C(OC(=O)CCC(=O)OC2OC(CO)C(O)C(O)C2O)C/C=C\C=C/C(=O)O1. The third-order valence-electron chi connectivity index (χ3n) is 7.13. The summed E-state index contributed by atoms with van der Waals surface area (Å²) in [5, 5.41) is 59.4. The van der Waals surface area contributed by atoms with Crippen LogP contribution in [0.4, 0.5) is 0 Å². The average molecular weight is 665 g/mol. The Hall–Kier alpha value is -3.43. The Morgan fingerprint density at radius 2 is 1.49 bits per heavy atom. The second-order valence-electron chi connectivity index (χ2n) is 11.2. The van der Waals surface area contributed by atoms with E-state index in [9.17, 15) is 45.0 Å². The standard InChI is InChI=1S/C34H48O13/c1-23-13-7-3-2-4-8-14-24(36)21-25(37)15-9-5-10-16-26(17-11-6-12-18-28(38)44-23)45-29(39)19-20-30(40)47-34-33(43)32(42)31(41)27(22-35)46-34/h2,4-6,8-12,14,16,18,23-27,31-37,41-43H,3,7,13,15,17,19-22H2,1H3/b4-2-,9-5-,11-6-,14-8-,16-10-,18-12-. The molecule has 0 radical (unpaired) electrons. The van der Waals surface area contributed by atoms with Crippen molar-refractivity contribution in [2.75, 3.05) is 6.61 Å². The summed E-state index contributed by atoms with van der Waals surface area (Å²) < 4.78 is 21.0. The number of aliphatic hydroxyl groups is 6. The lowest BCUT2D eigenvalue weighted by Crippen LogP contribution is -2.59. The van der Waals surface area contributed by atoms with E-state index in [0.29, 0.717) is 6.42 Å². The molecule has 13 nitrogen and oxygen atoms in total. The molecule has 0 aliphatic carbocycles. The fraction of sp³-hybridized carbons (Fsp3) is 0.559. The van der Waals surface area contributed by atoms with Crippen LogP contribution in [0.3, 0.4) is 0 Å². The molecule has 1 saturated heterocycles. The van der Waals surface area contributed by atoms with E-state index in [-0.39, 0.29) is 31.8 Å². The maximum absolute atomic E-state index is 12.6. The summed E-state index contributed by atoms with van der Waals surface area (Å²) in [6, 6.07) is 0. The molecular weight excluding hydrogens is 616 g/mol. The Labute approximate surface area is 274 Å². The van der Waals surface area contributed by atoms with Crippen LogP contribution in [0.1, 0.15) is 58.3 Å². The fourth-order valence-electron chi connectivity index (χ4n) is 4.52. The van der Waals surface area contributed by atoms with Gasteiger partial charge >= 0.3 is 17.9 Å². The minimum Gasteiger partial charge on any atom is -0.460 e. The molecule has 0 amide bonds. The molecule has 0 spiro atoms. The molecule has 2 heterocycles. The van der Waals surface area contributed by atoms with E-state index in [1.165, 1.54) is 12.2 Å². The smallest absolute Gasteiger partial charge is 0.331 e. The number of allylic oxidation sites excluding steroid dienone is 7. The number of hydrogen-bond donors (Lipinski definition) is 6. The van der Waals surface area contributed by atoms with Crippen molar-refractivity contribution in [1.29, 1.82) is 0 Å². The molecule has 1 fully saturated rings. The van der Waals surface area contributed by atoms with Crippen molar-refractivity contribution < 1.29 is 64.0 Å². The number of hydrogen-bond acceptors (Lipinski definition) is 13. The third-order valence-corrected chi connectivity index (χ3v) is 7.13. The Bertz CT molecular complexity index is 1140. The van der Waals surface area contributed by atoms with Gasteiger partial charge in [0.25, 0.3) is 0 Å². The summed E-state index contributed by atoms with van der Waals surface area (Å²) in [6.07, 6.45) is 11.2. The van der Waals surface area contributed by atoms with Gasteiger partial charge in [-0.1, -0.05) is 60.8 Å². The van der Waals surface area contributed by atoms with Crippen molar-refractivity contribution >= 4 is 17.9 Å². The summed E-state index contributed by atoms with van der Waals surface area (Å²) in [4.78, 5) is 37.0. The summed E-state index contributed by atoms with van der Waals surface area (Å²) in [6.45, 7) is 1.12. The quantitative estimate of drug-likeness (QED) is 0.175. The third kappa shape index (κ3) is 16.3. The van der Waals surface area contributed by atoms with E-state index in [2.05, 4.69) is 0 Å². The zero-order valence-electron chi connectivity index (χ0n) is 26.5. The first-order chi connectivity index (χ1) is 22.5. The van der Waals surface area contributed by atoms with Crippen LogP contribution in [-0.2, 0) is 33.3 Å². The van der Waals surface area contributed by atoms with Gasteiger partial charge in [0.15, 0.2) is 0 Å². The first-order valence-corrected chi connectivity index (χ1v) is 15.8. The molecule has 262 valence electrons. The molecule has 2 aliphatic rings. The van der Waals surface area contributed by atoms with Crippen LogP contribution in [-0.4, -0.2) is 110 Å². The summed E-state index contributed by atoms with van der Waals surface area (Å²) in [7, 11) is 0. The second-order valence-corrected chi connectivity index (χ2v) is 11.2. The lowest BCUT2D eigenvalue weighted by Gasteiger charge is -2.39. The van der Waals surface area contributed by atoms with Crippen LogP contribution in [0.25, 0.3) is 0 Å². The Balaban J connectivity index is 2.00. The largest absolute Gasteiger partial charge is 0.460 e. The number of rotatable bonds is 6. The van der Waals surface area contributed by atoms with Gasteiger partial charge < -0.3 is 49.6 Å². The molecule has 47 heavy (non-hydrogen) atoms. The van der Waals surface area contributed by atoms with Crippen LogP contribution >= 0.6 is 0 Å². The molecule has 2 aliphatic heterocycles. The van der Waals surface area contributed by atoms with Gasteiger partial charge in [-0.3, -0.25) is 9.59 Å². The molecule has 0 aromatic heterocycles. The highest BCUT2D eigenvalue weighted by molar-refractivity contribution is 5.82. The van der Waals surface area contributed by atoms with Gasteiger partial charge in [-0.25, -0.2) is 4.79 Å². The van der Waals surface area contributed by atoms with Gasteiger partial charge in [-0.2, -0.15) is 0 Å². The minimum atomic E-state index is -1.77. The van der Waals surface area contributed by atoms with Gasteiger partial charge in [-0.05, 0) is 38.7 Å². The maximum atomic E-state index is 12.6. The topological polar surface area (TPSA) is 210 Å². The highest BCUT2D eigenvalue weighted by atomic mass is 16.7. The van der Waals surface area contributed by atoms with Crippen molar-refractivity contribution in [2.24, 2.45) is 0 Å². The molecule has 13 heteroatoms. The molecular formula is C34H48O13. The van der Waals surface area contributed by atoms with E-state index in [1.54, 1.807) is 48.6 Å². The van der Waals surface area contributed by atoms with Gasteiger partial charge in [0, 0.05) is 18.9 Å². The molecule has 9 unspecified atom stereocenters. The lowest BCUT2D eigenvalue weighted by molar-refractivity contribution is -0.292. The molecule has 0 aromatic rings. The second kappa shape index (κ2) is 22.2. The fourth-order valence-corrected chi connectivity index (χ4v) is 4.52. The summed E-state index contributed by atoms with van der Waals surface area (Å²) in [5.74, 6) is -2.17. The number of esters is 3. The average Bonchev–Trinajstić information content (AvgIpc) is 3.02. The monoisotopic (exact) mass is 664 g/mol.